The second-order valence-electron chi connectivity index (χ2n) is 3.41. The summed E-state index contributed by atoms with van der Waals surface area (Å²) in [6.07, 6.45) is 2.24. The minimum Gasteiger partial charge on any atom is -0.478 e. The van der Waals surface area contributed by atoms with Crippen molar-refractivity contribution in [1.29, 1.82) is 0 Å². The molecule has 0 aliphatic carbocycles. The third kappa shape index (κ3) is 4.08. The Balaban J connectivity index is 2.90. The number of nitrogens with one attached hydrogen (secondary N) is 1. The summed E-state index contributed by atoms with van der Waals surface area (Å²) in [6.45, 7) is 0. The number of hydrogen-bond donors (Lipinski definition) is 2. The second kappa shape index (κ2) is 6.87. The van der Waals surface area contributed by atoms with E-state index in [9.17, 15) is 9.59 Å². The summed E-state index contributed by atoms with van der Waals surface area (Å²) < 4.78 is 0. The Morgan fingerprint density at radius 2 is 1.89 bits per heavy atom. The van der Waals surface area contributed by atoms with E-state index in [-0.39, 0.29) is 27.2 Å². The molecular weight excluding hydrogens is 297 g/mol. The number of rotatable bonds is 5. The molecule has 0 aliphatic heterocycles. The third-order valence-electron chi connectivity index (χ3n) is 2.09. The Labute approximate surface area is 119 Å². The molecule has 18 heavy (non-hydrogen) atoms. The Bertz CT molecular complexity index is 456. The number of carbonyl (C=O) groups excluding carboxylic acids is 1. The van der Waals surface area contributed by atoms with Gasteiger partial charge in [0.05, 0.1) is 21.3 Å². The van der Waals surface area contributed by atoms with Gasteiger partial charge in [0, 0.05) is 12.2 Å². The lowest BCUT2D eigenvalue weighted by atomic mass is 10.2. The monoisotopic (exact) mass is 307 g/mol. The molecule has 98 valence electrons. The first-order chi connectivity index (χ1) is 8.45. The molecule has 0 bridgehead atoms. The van der Waals surface area contributed by atoms with Gasteiger partial charge in [-0.2, -0.15) is 11.8 Å². The highest BCUT2D eigenvalue weighted by atomic mass is 35.5. The van der Waals surface area contributed by atoms with Gasteiger partial charge in [-0.25, -0.2) is 4.79 Å². The second-order valence-corrected chi connectivity index (χ2v) is 5.21. The highest BCUT2D eigenvalue weighted by Crippen LogP contribution is 2.32. The van der Waals surface area contributed by atoms with E-state index in [1.165, 1.54) is 12.1 Å². The molecule has 0 unspecified atom stereocenters. The van der Waals surface area contributed by atoms with Gasteiger partial charge >= 0.3 is 5.97 Å². The molecule has 0 radical (unpaired) electrons. The van der Waals surface area contributed by atoms with E-state index >= 15 is 0 Å². The SMILES string of the molecule is CSCCC(=O)Nc1c(Cl)cc(C(=O)O)cc1Cl. The van der Waals surface area contributed by atoms with Crippen LogP contribution < -0.4 is 5.32 Å². The maximum Gasteiger partial charge on any atom is 0.335 e. The molecule has 0 aliphatic rings. The largest absolute Gasteiger partial charge is 0.478 e. The van der Waals surface area contributed by atoms with Crippen LogP contribution in [0.4, 0.5) is 5.69 Å². The molecule has 1 amide bonds. The van der Waals surface area contributed by atoms with Crippen molar-refractivity contribution in [2.24, 2.45) is 0 Å². The molecule has 0 spiro atoms. The van der Waals surface area contributed by atoms with Crippen LogP contribution in [0.25, 0.3) is 0 Å². The Hall–Kier alpha value is -0.910. The summed E-state index contributed by atoms with van der Waals surface area (Å²) in [5, 5.41) is 11.6. The first-order valence-electron chi connectivity index (χ1n) is 4.96. The van der Waals surface area contributed by atoms with Crippen LogP contribution in [0, 0.1) is 0 Å². The quantitative estimate of drug-likeness (QED) is 0.875. The summed E-state index contributed by atoms with van der Waals surface area (Å²) >= 11 is 13.3. The molecule has 0 saturated carbocycles. The Kier molecular flexibility index (Phi) is 5.78. The topological polar surface area (TPSA) is 66.4 Å². The molecule has 0 heterocycles. The number of thioether (sulfide) groups is 1. The molecule has 2 N–H and O–H groups in total. The number of carboxylic acid groups (broad SMARTS) is 1. The van der Waals surface area contributed by atoms with Crippen LogP contribution >= 0.6 is 35.0 Å². The number of carbonyl (C=O) groups is 2. The van der Waals surface area contributed by atoms with Crippen LogP contribution in [-0.4, -0.2) is 29.0 Å². The van der Waals surface area contributed by atoms with Crippen molar-refractivity contribution in [1.82, 2.24) is 0 Å². The third-order valence-corrected chi connectivity index (χ3v) is 3.30. The fraction of sp³-hybridized carbons (Fsp3) is 0.273. The van der Waals surface area contributed by atoms with Crippen LogP contribution in [0.5, 0.6) is 0 Å². The first kappa shape index (κ1) is 15.1. The van der Waals surface area contributed by atoms with Crippen LogP contribution in [-0.2, 0) is 4.79 Å². The average Bonchev–Trinajstić information content (AvgIpc) is 2.30. The number of amides is 1. The van der Waals surface area contributed by atoms with Crippen molar-refractivity contribution in [2.45, 2.75) is 6.42 Å². The number of carboxylic acids is 1. The molecule has 0 aromatic heterocycles. The molecule has 4 nitrogen and oxygen atoms in total. The van der Waals surface area contributed by atoms with Crippen LogP contribution in [0.3, 0.4) is 0 Å². The fourth-order valence-electron chi connectivity index (χ4n) is 1.21. The lowest BCUT2D eigenvalue weighted by Crippen LogP contribution is -2.13. The van der Waals surface area contributed by atoms with Crippen LogP contribution in [0.2, 0.25) is 10.0 Å². The summed E-state index contributed by atoms with van der Waals surface area (Å²) in [5.41, 5.74) is 0.224. The lowest BCUT2D eigenvalue weighted by Gasteiger charge is -2.10. The van der Waals surface area contributed by atoms with Crippen molar-refractivity contribution >= 4 is 52.5 Å². The zero-order valence-corrected chi connectivity index (χ0v) is 11.8. The van der Waals surface area contributed by atoms with E-state index in [1.54, 1.807) is 11.8 Å². The van der Waals surface area contributed by atoms with Gasteiger partial charge in [-0.15, -0.1) is 0 Å². The molecule has 0 fully saturated rings. The van der Waals surface area contributed by atoms with E-state index in [1.807, 2.05) is 6.26 Å². The number of aromatic carboxylic acids is 1. The molecule has 1 aromatic carbocycles. The van der Waals surface area contributed by atoms with Crippen molar-refractivity contribution in [3.63, 3.8) is 0 Å². The zero-order valence-electron chi connectivity index (χ0n) is 9.50. The van der Waals surface area contributed by atoms with Gasteiger partial charge in [0.25, 0.3) is 0 Å². The zero-order chi connectivity index (χ0) is 13.7. The molecule has 1 aromatic rings. The fourth-order valence-corrected chi connectivity index (χ4v) is 2.18. The summed E-state index contributed by atoms with van der Waals surface area (Å²) in [4.78, 5) is 22.3. The highest BCUT2D eigenvalue weighted by Gasteiger charge is 2.14. The first-order valence-corrected chi connectivity index (χ1v) is 7.11. The van der Waals surface area contributed by atoms with Gasteiger partial charge in [-0.05, 0) is 18.4 Å². The molecular formula is C11H11Cl2NO3S. The van der Waals surface area contributed by atoms with Crippen molar-refractivity contribution in [2.75, 3.05) is 17.3 Å². The predicted molar refractivity (Wildman–Crippen MR) is 75.1 cm³/mol. The van der Waals surface area contributed by atoms with Crippen LogP contribution in [0.1, 0.15) is 16.8 Å². The number of halogens is 2. The Morgan fingerprint density at radius 3 is 2.33 bits per heavy atom. The van der Waals surface area contributed by atoms with E-state index in [0.29, 0.717) is 12.2 Å². The van der Waals surface area contributed by atoms with E-state index in [0.717, 1.165) is 0 Å². The Morgan fingerprint density at radius 1 is 1.33 bits per heavy atom. The van der Waals surface area contributed by atoms with E-state index in [2.05, 4.69) is 5.32 Å². The van der Waals surface area contributed by atoms with Crippen molar-refractivity contribution in [3.8, 4) is 0 Å². The standard InChI is InChI=1S/C11H11Cl2NO3S/c1-18-3-2-9(15)14-10-7(12)4-6(11(16)17)5-8(10)13/h4-5H,2-3H2,1H3,(H,14,15)(H,16,17). The van der Waals surface area contributed by atoms with Crippen molar-refractivity contribution in [3.05, 3.63) is 27.7 Å². The summed E-state index contributed by atoms with van der Waals surface area (Å²) in [7, 11) is 0. The highest BCUT2D eigenvalue weighted by molar-refractivity contribution is 7.98. The summed E-state index contributed by atoms with van der Waals surface area (Å²) in [6, 6.07) is 2.50. The van der Waals surface area contributed by atoms with Gasteiger partial charge in [0.2, 0.25) is 5.91 Å². The summed E-state index contributed by atoms with van der Waals surface area (Å²) in [5.74, 6) is -0.649. The average molecular weight is 308 g/mol. The predicted octanol–water partition coefficient (Wildman–Crippen LogP) is 3.38. The minimum absolute atomic E-state index is 0.0212. The van der Waals surface area contributed by atoms with Gasteiger partial charge in [-0.1, -0.05) is 23.2 Å². The molecule has 0 atom stereocenters. The maximum absolute atomic E-state index is 11.5. The van der Waals surface area contributed by atoms with Gasteiger partial charge in [-0.3, -0.25) is 4.79 Å². The van der Waals surface area contributed by atoms with Crippen molar-refractivity contribution < 1.29 is 14.7 Å². The normalized spacial score (nSPS) is 10.2. The van der Waals surface area contributed by atoms with Gasteiger partial charge in [0.15, 0.2) is 0 Å². The number of anilines is 1. The lowest BCUT2D eigenvalue weighted by molar-refractivity contribution is -0.115. The van der Waals surface area contributed by atoms with E-state index < -0.39 is 5.97 Å². The minimum atomic E-state index is -1.13. The molecule has 7 heteroatoms. The smallest absolute Gasteiger partial charge is 0.335 e. The maximum atomic E-state index is 11.5. The number of benzene rings is 1. The van der Waals surface area contributed by atoms with Gasteiger partial charge < -0.3 is 10.4 Å². The number of hydrogen-bond acceptors (Lipinski definition) is 3. The van der Waals surface area contributed by atoms with E-state index in [4.69, 9.17) is 28.3 Å². The molecule has 1 rings (SSSR count). The van der Waals surface area contributed by atoms with Crippen LogP contribution in [0.15, 0.2) is 12.1 Å². The van der Waals surface area contributed by atoms with Gasteiger partial charge in [0.1, 0.15) is 0 Å². The molecule has 0 saturated heterocycles.